The van der Waals surface area contributed by atoms with Gasteiger partial charge in [0.1, 0.15) is 0 Å². The van der Waals surface area contributed by atoms with Crippen molar-refractivity contribution in [1.29, 1.82) is 0 Å². The van der Waals surface area contributed by atoms with E-state index < -0.39 is 0 Å². The van der Waals surface area contributed by atoms with Gasteiger partial charge in [-0.2, -0.15) is 0 Å². The molecule has 0 spiro atoms. The largest absolute Gasteiger partial charge is 0.399 e. The average molecular weight is 286 g/mol. The molecule has 0 unspecified atom stereocenters. The summed E-state index contributed by atoms with van der Waals surface area (Å²) in [5.74, 6) is 0.108. The topological polar surface area (TPSA) is 46.3 Å². The Bertz CT molecular complexity index is 535. The lowest BCUT2D eigenvalue weighted by molar-refractivity contribution is -0.126. The summed E-state index contributed by atoms with van der Waals surface area (Å²) in [6.45, 7) is 8.27. The zero-order chi connectivity index (χ0) is 15.5. The number of carbonyl (C=O) groups is 1. The Labute approximate surface area is 127 Å². The van der Waals surface area contributed by atoms with Gasteiger partial charge in [-0.3, -0.25) is 4.79 Å². The van der Waals surface area contributed by atoms with Gasteiger partial charge >= 0.3 is 0 Å². The second kappa shape index (κ2) is 6.33. The molecule has 2 N–H and O–H groups in total. The van der Waals surface area contributed by atoms with Crippen LogP contribution in [0.15, 0.2) is 24.3 Å². The van der Waals surface area contributed by atoms with Crippen molar-refractivity contribution in [3.05, 3.63) is 35.4 Å². The monoisotopic (exact) mass is 286 g/mol. The van der Waals surface area contributed by atoms with Gasteiger partial charge in [0.2, 0.25) is 5.91 Å². The number of carbonyl (C=O) groups excluding carboxylic acids is 1. The quantitative estimate of drug-likeness (QED) is 0.667. The van der Waals surface area contributed by atoms with Crippen LogP contribution in [0.4, 0.5) is 5.69 Å². The van der Waals surface area contributed by atoms with Gasteiger partial charge in [0.25, 0.3) is 0 Å². The van der Waals surface area contributed by atoms with Crippen molar-refractivity contribution in [2.75, 3.05) is 18.8 Å². The van der Waals surface area contributed by atoms with E-state index in [0.717, 1.165) is 37.2 Å². The molecule has 21 heavy (non-hydrogen) atoms. The first kappa shape index (κ1) is 15.6. The lowest BCUT2D eigenvalue weighted by Crippen LogP contribution is -2.34. The van der Waals surface area contributed by atoms with E-state index in [0.29, 0.717) is 0 Å². The van der Waals surface area contributed by atoms with Crippen molar-refractivity contribution in [2.45, 2.75) is 45.4 Å². The third kappa shape index (κ3) is 4.10. The molecule has 1 saturated heterocycles. The summed E-state index contributed by atoms with van der Waals surface area (Å²) in [7, 11) is 0. The zero-order valence-corrected chi connectivity index (χ0v) is 13.4. The molecule has 0 bridgehead atoms. The Kier molecular flexibility index (Phi) is 4.71. The first-order chi connectivity index (χ1) is 9.88. The van der Waals surface area contributed by atoms with E-state index in [1.165, 1.54) is 12.0 Å². The number of nitrogen functional groups attached to an aromatic ring is 1. The fourth-order valence-corrected chi connectivity index (χ4v) is 2.78. The Morgan fingerprint density at radius 1 is 1.19 bits per heavy atom. The van der Waals surface area contributed by atoms with E-state index >= 15 is 0 Å². The van der Waals surface area contributed by atoms with Crippen molar-refractivity contribution < 1.29 is 4.79 Å². The average Bonchev–Trinajstić information content (AvgIpc) is 2.44. The van der Waals surface area contributed by atoms with Crippen LogP contribution in [-0.2, 0) is 10.2 Å². The maximum atomic E-state index is 12.2. The van der Waals surface area contributed by atoms with Crippen LogP contribution in [0.25, 0.3) is 6.08 Å². The third-order valence-electron chi connectivity index (χ3n) is 3.96. The van der Waals surface area contributed by atoms with E-state index in [2.05, 4.69) is 26.8 Å². The van der Waals surface area contributed by atoms with E-state index in [4.69, 9.17) is 5.73 Å². The first-order valence-corrected chi connectivity index (χ1v) is 7.75. The highest BCUT2D eigenvalue weighted by atomic mass is 16.2. The number of hydrogen-bond donors (Lipinski definition) is 1. The molecule has 1 aliphatic rings. The highest BCUT2D eigenvalue weighted by molar-refractivity contribution is 5.92. The molecule has 0 aromatic heterocycles. The van der Waals surface area contributed by atoms with Gasteiger partial charge in [-0.1, -0.05) is 26.8 Å². The van der Waals surface area contributed by atoms with Crippen molar-refractivity contribution in [1.82, 2.24) is 4.90 Å². The Morgan fingerprint density at radius 2 is 1.86 bits per heavy atom. The molecule has 2 rings (SSSR count). The number of nitrogens with two attached hydrogens (primary N) is 1. The summed E-state index contributed by atoms with van der Waals surface area (Å²) >= 11 is 0. The highest BCUT2D eigenvalue weighted by Crippen LogP contribution is 2.28. The molecule has 3 heteroatoms. The van der Waals surface area contributed by atoms with Crippen LogP contribution in [-0.4, -0.2) is 23.9 Å². The lowest BCUT2D eigenvalue weighted by Gasteiger charge is -2.25. The van der Waals surface area contributed by atoms with Crippen LogP contribution in [0.3, 0.4) is 0 Å². The number of amides is 1. The zero-order valence-electron chi connectivity index (χ0n) is 13.4. The molecule has 0 radical (unpaired) electrons. The first-order valence-electron chi connectivity index (χ1n) is 7.75. The van der Waals surface area contributed by atoms with Crippen molar-refractivity contribution in [3.8, 4) is 0 Å². The molecule has 1 heterocycles. The minimum Gasteiger partial charge on any atom is -0.399 e. The molecule has 1 aromatic carbocycles. The molecule has 114 valence electrons. The van der Waals surface area contributed by atoms with Gasteiger partial charge in [-0.05, 0) is 54.0 Å². The minimum absolute atomic E-state index is 0.0293. The Balaban J connectivity index is 2.19. The van der Waals surface area contributed by atoms with Crippen LogP contribution < -0.4 is 5.73 Å². The summed E-state index contributed by atoms with van der Waals surface area (Å²) < 4.78 is 0. The molecular weight excluding hydrogens is 260 g/mol. The number of piperidine rings is 1. The second-order valence-corrected chi connectivity index (χ2v) is 6.82. The summed E-state index contributed by atoms with van der Waals surface area (Å²) in [6, 6.07) is 5.92. The van der Waals surface area contributed by atoms with Crippen molar-refractivity contribution >= 4 is 17.7 Å². The van der Waals surface area contributed by atoms with Crippen LogP contribution in [0, 0.1) is 0 Å². The van der Waals surface area contributed by atoms with Gasteiger partial charge in [-0.25, -0.2) is 0 Å². The third-order valence-corrected chi connectivity index (χ3v) is 3.96. The van der Waals surface area contributed by atoms with E-state index in [9.17, 15) is 4.79 Å². The number of nitrogens with zero attached hydrogens (tertiary/aromatic N) is 1. The Morgan fingerprint density at radius 3 is 2.48 bits per heavy atom. The number of rotatable bonds is 2. The predicted molar refractivity (Wildman–Crippen MR) is 89.0 cm³/mol. The van der Waals surface area contributed by atoms with Crippen molar-refractivity contribution in [3.63, 3.8) is 0 Å². The van der Waals surface area contributed by atoms with E-state index in [1.54, 1.807) is 6.08 Å². The molecule has 1 amide bonds. The second-order valence-electron chi connectivity index (χ2n) is 6.82. The van der Waals surface area contributed by atoms with Gasteiger partial charge in [0.05, 0.1) is 0 Å². The summed E-state index contributed by atoms with van der Waals surface area (Å²) in [4.78, 5) is 14.2. The number of hydrogen-bond acceptors (Lipinski definition) is 2. The Hall–Kier alpha value is -1.77. The molecule has 1 fully saturated rings. The van der Waals surface area contributed by atoms with Crippen LogP contribution in [0.1, 0.15) is 51.2 Å². The molecular formula is C18H26N2O. The fraction of sp³-hybridized carbons (Fsp3) is 0.500. The molecule has 0 saturated carbocycles. The van der Waals surface area contributed by atoms with Crippen LogP contribution in [0.5, 0.6) is 0 Å². The van der Waals surface area contributed by atoms with Crippen molar-refractivity contribution in [2.24, 2.45) is 0 Å². The van der Waals surface area contributed by atoms with E-state index in [-0.39, 0.29) is 11.3 Å². The van der Waals surface area contributed by atoms with Gasteiger partial charge in [0, 0.05) is 24.9 Å². The maximum absolute atomic E-state index is 12.2. The fourth-order valence-electron chi connectivity index (χ4n) is 2.78. The molecule has 1 aromatic rings. The van der Waals surface area contributed by atoms with Gasteiger partial charge < -0.3 is 10.6 Å². The summed E-state index contributed by atoms with van der Waals surface area (Å²) in [5, 5.41) is 0. The van der Waals surface area contributed by atoms with E-state index in [1.807, 2.05) is 23.1 Å². The molecule has 0 atom stereocenters. The predicted octanol–water partition coefficient (Wildman–Crippen LogP) is 3.59. The highest BCUT2D eigenvalue weighted by Gasteiger charge is 2.18. The minimum atomic E-state index is 0.0293. The number of benzene rings is 1. The normalized spacial score (nSPS) is 16.4. The number of likely N-dealkylation sites (tertiary alicyclic amines) is 1. The summed E-state index contributed by atoms with van der Waals surface area (Å²) in [6.07, 6.45) is 7.07. The lowest BCUT2D eigenvalue weighted by atomic mass is 9.83. The maximum Gasteiger partial charge on any atom is 0.246 e. The summed E-state index contributed by atoms with van der Waals surface area (Å²) in [5.41, 5.74) is 8.89. The van der Waals surface area contributed by atoms with Gasteiger partial charge in [-0.15, -0.1) is 0 Å². The van der Waals surface area contributed by atoms with Crippen LogP contribution in [0.2, 0.25) is 0 Å². The SMILES string of the molecule is CC(C)(C)c1ccc(N)cc1/C=C/C(=O)N1CCCCC1. The molecule has 3 nitrogen and oxygen atoms in total. The standard InChI is InChI=1S/C18H26N2O/c1-18(2,3)16-9-8-15(19)13-14(16)7-10-17(21)20-11-5-4-6-12-20/h7-10,13H,4-6,11-12,19H2,1-3H3/b10-7+. The van der Waals surface area contributed by atoms with Crippen LogP contribution >= 0.6 is 0 Å². The van der Waals surface area contributed by atoms with Gasteiger partial charge in [0.15, 0.2) is 0 Å². The molecule has 0 aliphatic carbocycles. The smallest absolute Gasteiger partial charge is 0.246 e. The molecule has 1 aliphatic heterocycles. The number of anilines is 1.